The second-order valence-corrected chi connectivity index (χ2v) is 5.25. The minimum atomic E-state index is -4.42. The first-order chi connectivity index (χ1) is 10.8. The molecule has 1 fully saturated rings. The zero-order valence-corrected chi connectivity index (χ0v) is 12.4. The number of ether oxygens (including phenoxy) is 1. The van der Waals surface area contributed by atoms with Crippen molar-refractivity contribution in [2.45, 2.75) is 25.4 Å². The van der Waals surface area contributed by atoms with Crippen molar-refractivity contribution in [2.75, 3.05) is 25.0 Å². The van der Waals surface area contributed by atoms with Gasteiger partial charge in [-0.15, -0.1) is 0 Å². The van der Waals surface area contributed by atoms with Gasteiger partial charge in [-0.25, -0.2) is 0 Å². The topological polar surface area (TPSA) is 58.6 Å². The van der Waals surface area contributed by atoms with Gasteiger partial charge in [-0.3, -0.25) is 9.59 Å². The number of carbonyl (C=O) groups is 2. The maximum Gasteiger partial charge on any atom is 0.422 e. The Balaban J connectivity index is 1.89. The van der Waals surface area contributed by atoms with Crippen LogP contribution in [0.5, 0.6) is 5.75 Å². The Bertz CT molecular complexity index is 575. The van der Waals surface area contributed by atoms with Gasteiger partial charge < -0.3 is 15.0 Å². The van der Waals surface area contributed by atoms with Crippen molar-refractivity contribution < 1.29 is 27.5 Å². The molecule has 1 aliphatic heterocycles. The summed E-state index contributed by atoms with van der Waals surface area (Å²) in [6.07, 6.45) is -2.29. The van der Waals surface area contributed by atoms with Crippen LogP contribution in [0.1, 0.15) is 19.3 Å². The molecule has 126 valence electrons. The molecule has 8 heteroatoms. The lowest BCUT2D eigenvalue weighted by molar-refractivity contribution is -0.153. The summed E-state index contributed by atoms with van der Waals surface area (Å²) in [4.78, 5) is 25.0. The first kappa shape index (κ1) is 17.1. The summed E-state index contributed by atoms with van der Waals surface area (Å²) < 4.78 is 41.0. The molecule has 1 aromatic rings. The quantitative estimate of drug-likeness (QED) is 0.903. The second kappa shape index (κ2) is 7.34. The molecule has 1 aromatic carbocycles. The van der Waals surface area contributed by atoms with Crippen LogP contribution in [0.15, 0.2) is 24.3 Å². The van der Waals surface area contributed by atoms with Crippen molar-refractivity contribution in [1.82, 2.24) is 4.90 Å². The maximum absolute atomic E-state index is 12.1. The number of benzene rings is 1. The molecule has 23 heavy (non-hydrogen) atoms. The molecule has 0 aromatic heterocycles. The average Bonchev–Trinajstić information content (AvgIpc) is 2.47. The minimum Gasteiger partial charge on any atom is -0.484 e. The maximum atomic E-state index is 12.1. The van der Waals surface area contributed by atoms with Crippen LogP contribution in [0.25, 0.3) is 0 Å². The lowest BCUT2D eigenvalue weighted by atomic mass is 10.1. The third-order valence-corrected chi connectivity index (χ3v) is 3.28. The molecule has 2 rings (SSSR count). The van der Waals surface area contributed by atoms with Gasteiger partial charge in [0.05, 0.1) is 6.54 Å². The highest BCUT2D eigenvalue weighted by molar-refractivity contribution is 5.94. The van der Waals surface area contributed by atoms with E-state index in [2.05, 4.69) is 10.1 Å². The number of carbonyl (C=O) groups excluding carboxylic acids is 2. The summed E-state index contributed by atoms with van der Waals surface area (Å²) in [7, 11) is 0. The van der Waals surface area contributed by atoms with Crippen molar-refractivity contribution in [3.05, 3.63) is 24.3 Å². The number of anilines is 1. The van der Waals surface area contributed by atoms with E-state index >= 15 is 0 Å². The normalized spacial score (nSPS) is 15.4. The van der Waals surface area contributed by atoms with Gasteiger partial charge >= 0.3 is 6.18 Å². The average molecular weight is 330 g/mol. The monoisotopic (exact) mass is 330 g/mol. The minimum absolute atomic E-state index is 0.00849. The fraction of sp³-hybridized carbons (Fsp3) is 0.467. The molecular weight excluding hydrogens is 313 g/mol. The molecule has 0 bridgehead atoms. The van der Waals surface area contributed by atoms with Gasteiger partial charge in [0.15, 0.2) is 6.61 Å². The molecular formula is C15H17F3N2O3. The number of alkyl halides is 3. The van der Waals surface area contributed by atoms with Crippen LogP contribution >= 0.6 is 0 Å². The molecule has 0 saturated carbocycles. The predicted molar refractivity (Wildman–Crippen MR) is 77.1 cm³/mol. The largest absolute Gasteiger partial charge is 0.484 e. The molecule has 1 N–H and O–H groups in total. The Morgan fingerprint density at radius 3 is 2.78 bits per heavy atom. The highest BCUT2D eigenvalue weighted by Crippen LogP contribution is 2.21. The molecule has 0 unspecified atom stereocenters. The SMILES string of the molecule is O=C(CN1CCCCC1=O)Nc1cccc(OCC(F)(F)F)c1. The fourth-order valence-corrected chi connectivity index (χ4v) is 2.23. The van der Waals surface area contributed by atoms with Crippen LogP contribution in [0.2, 0.25) is 0 Å². The molecule has 1 heterocycles. The lowest BCUT2D eigenvalue weighted by Gasteiger charge is -2.26. The van der Waals surface area contributed by atoms with E-state index in [9.17, 15) is 22.8 Å². The lowest BCUT2D eigenvalue weighted by Crippen LogP contribution is -2.40. The van der Waals surface area contributed by atoms with Crippen LogP contribution in [0.3, 0.4) is 0 Å². The van der Waals surface area contributed by atoms with E-state index in [0.29, 0.717) is 18.7 Å². The highest BCUT2D eigenvalue weighted by Gasteiger charge is 2.28. The highest BCUT2D eigenvalue weighted by atomic mass is 19.4. The zero-order chi connectivity index (χ0) is 16.9. The van der Waals surface area contributed by atoms with E-state index in [1.807, 2.05) is 0 Å². The first-order valence-corrected chi connectivity index (χ1v) is 7.21. The summed E-state index contributed by atoms with van der Waals surface area (Å²) in [5, 5.41) is 2.55. The van der Waals surface area contributed by atoms with Crippen molar-refractivity contribution in [3.63, 3.8) is 0 Å². The molecule has 0 aliphatic carbocycles. The number of amides is 2. The van der Waals surface area contributed by atoms with Gasteiger partial charge in [-0.2, -0.15) is 13.2 Å². The predicted octanol–water partition coefficient (Wildman–Crippen LogP) is 2.58. The molecule has 2 amide bonds. The second-order valence-electron chi connectivity index (χ2n) is 5.25. The molecule has 1 saturated heterocycles. The number of likely N-dealkylation sites (tertiary alicyclic amines) is 1. The van der Waals surface area contributed by atoms with E-state index in [0.717, 1.165) is 12.8 Å². The summed E-state index contributed by atoms with van der Waals surface area (Å²) in [6, 6.07) is 5.70. The van der Waals surface area contributed by atoms with Crippen molar-refractivity contribution in [2.24, 2.45) is 0 Å². The van der Waals surface area contributed by atoms with Gasteiger partial charge in [0.25, 0.3) is 0 Å². The first-order valence-electron chi connectivity index (χ1n) is 7.21. The standard InChI is InChI=1S/C15H17F3N2O3/c16-15(17,18)10-23-12-5-3-4-11(8-12)19-13(21)9-20-7-2-1-6-14(20)22/h3-5,8H,1-2,6-7,9-10H2,(H,19,21). The summed E-state index contributed by atoms with van der Waals surface area (Å²) in [5.74, 6) is -0.448. The Hall–Kier alpha value is -2.25. The zero-order valence-electron chi connectivity index (χ0n) is 12.4. The van der Waals surface area contributed by atoms with Gasteiger partial charge in [0.2, 0.25) is 11.8 Å². The Morgan fingerprint density at radius 2 is 2.09 bits per heavy atom. The summed E-state index contributed by atoms with van der Waals surface area (Å²) in [5.41, 5.74) is 0.319. The van der Waals surface area contributed by atoms with Crippen LogP contribution in [-0.2, 0) is 9.59 Å². The number of nitrogens with zero attached hydrogens (tertiary/aromatic N) is 1. The smallest absolute Gasteiger partial charge is 0.422 e. The number of halogens is 3. The van der Waals surface area contributed by atoms with Crippen LogP contribution in [-0.4, -0.2) is 42.6 Å². The van der Waals surface area contributed by atoms with Gasteiger partial charge in [0, 0.05) is 24.7 Å². The molecule has 0 spiro atoms. The summed E-state index contributed by atoms with van der Waals surface area (Å²) in [6.45, 7) is -0.917. The van der Waals surface area contributed by atoms with Crippen molar-refractivity contribution in [3.8, 4) is 5.75 Å². The van der Waals surface area contributed by atoms with Crippen LogP contribution in [0.4, 0.5) is 18.9 Å². The molecule has 0 radical (unpaired) electrons. The number of piperidine rings is 1. The van der Waals surface area contributed by atoms with E-state index < -0.39 is 18.7 Å². The van der Waals surface area contributed by atoms with Gasteiger partial charge in [-0.05, 0) is 25.0 Å². The van der Waals surface area contributed by atoms with Crippen LogP contribution in [0, 0.1) is 0 Å². The Kier molecular flexibility index (Phi) is 5.46. The Labute approximate surface area is 131 Å². The van der Waals surface area contributed by atoms with Crippen LogP contribution < -0.4 is 10.1 Å². The third kappa shape index (κ3) is 5.80. The van der Waals surface area contributed by atoms with Crippen molar-refractivity contribution in [1.29, 1.82) is 0 Å². The van der Waals surface area contributed by atoms with E-state index in [1.54, 1.807) is 0 Å². The molecule has 5 nitrogen and oxygen atoms in total. The number of hydrogen-bond donors (Lipinski definition) is 1. The van der Waals surface area contributed by atoms with E-state index in [4.69, 9.17) is 0 Å². The number of rotatable bonds is 5. The molecule has 1 aliphatic rings. The van der Waals surface area contributed by atoms with Crippen molar-refractivity contribution >= 4 is 17.5 Å². The number of hydrogen-bond acceptors (Lipinski definition) is 3. The third-order valence-electron chi connectivity index (χ3n) is 3.28. The fourth-order valence-electron chi connectivity index (χ4n) is 2.23. The van der Waals surface area contributed by atoms with E-state index in [-0.39, 0.29) is 18.2 Å². The number of nitrogens with one attached hydrogen (secondary N) is 1. The van der Waals surface area contributed by atoms with E-state index in [1.165, 1.54) is 29.2 Å². The van der Waals surface area contributed by atoms with Gasteiger partial charge in [-0.1, -0.05) is 6.07 Å². The Morgan fingerprint density at radius 1 is 1.30 bits per heavy atom. The summed E-state index contributed by atoms with van der Waals surface area (Å²) >= 11 is 0. The van der Waals surface area contributed by atoms with Gasteiger partial charge in [0.1, 0.15) is 5.75 Å². The molecule has 0 atom stereocenters.